The zero-order chi connectivity index (χ0) is 13.4. The van der Waals surface area contributed by atoms with Gasteiger partial charge in [-0.1, -0.05) is 0 Å². The first-order valence-corrected chi connectivity index (χ1v) is 7.10. The SMILES string of the molecule is CC(N)C1CCN(C2COc3cc(O)ccc32)CC1. The first-order chi connectivity index (χ1) is 9.15. The predicted molar refractivity (Wildman–Crippen MR) is 74.3 cm³/mol. The van der Waals surface area contributed by atoms with Gasteiger partial charge in [-0.2, -0.15) is 0 Å². The fourth-order valence-electron chi connectivity index (χ4n) is 3.24. The van der Waals surface area contributed by atoms with E-state index in [1.54, 1.807) is 12.1 Å². The van der Waals surface area contributed by atoms with Gasteiger partial charge in [-0.15, -0.1) is 0 Å². The lowest BCUT2D eigenvalue weighted by atomic mass is 9.90. The molecule has 2 aliphatic heterocycles. The van der Waals surface area contributed by atoms with Gasteiger partial charge in [-0.3, -0.25) is 4.90 Å². The third-order valence-electron chi connectivity index (χ3n) is 4.51. The number of aromatic hydroxyl groups is 1. The number of nitrogens with two attached hydrogens (primary N) is 1. The summed E-state index contributed by atoms with van der Waals surface area (Å²) in [4.78, 5) is 2.49. The van der Waals surface area contributed by atoms with Crippen molar-refractivity contribution in [1.82, 2.24) is 4.90 Å². The Morgan fingerprint density at radius 1 is 1.37 bits per heavy atom. The second kappa shape index (κ2) is 5.02. The number of nitrogens with zero attached hydrogens (tertiary/aromatic N) is 1. The molecule has 0 spiro atoms. The van der Waals surface area contributed by atoms with Crippen LogP contribution in [-0.4, -0.2) is 35.7 Å². The molecule has 2 atom stereocenters. The molecule has 0 aromatic heterocycles. The van der Waals surface area contributed by atoms with Crippen LogP contribution in [0.5, 0.6) is 11.5 Å². The quantitative estimate of drug-likeness (QED) is 0.854. The molecule has 2 unspecified atom stereocenters. The molecule has 1 saturated heterocycles. The van der Waals surface area contributed by atoms with Crippen LogP contribution in [-0.2, 0) is 0 Å². The molecule has 4 heteroatoms. The van der Waals surface area contributed by atoms with Crippen LogP contribution in [0.4, 0.5) is 0 Å². The van der Waals surface area contributed by atoms with Crippen LogP contribution in [0.2, 0.25) is 0 Å². The summed E-state index contributed by atoms with van der Waals surface area (Å²) < 4.78 is 5.69. The lowest BCUT2D eigenvalue weighted by Gasteiger charge is -2.36. The first-order valence-electron chi connectivity index (χ1n) is 7.10. The third-order valence-corrected chi connectivity index (χ3v) is 4.51. The zero-order valence-corrected chi connectivity index (χ0v) is 11.4. The monoisotopic (exact) mass is 262 g/mol. The molecule has 0 bridgehead atoms. The fraction of sp³-hybridized carbons (Fsp3) is 0.600. The van der Waals surface area contributed by atoms with Gasteiger partial charge < -0.3 is 15.6 Å². The summed E-state index contributed by atoms with van der Waals surface area (Å²) in [6, 6.07) is 6.08. The molecule has 2 aliphatic rings. The minimum absolute atomic E-state index is 0.273. The van der Waals surface area contributed by atoms with Gasteiger partial charge in [-0.25, -0.2) is 0 Å². The van der Waals surface area contributed by atoms with Crippen molar-refractivity contribution >= 4 is 0 Å². The van der Waals surface area contributed by atoms with Crippen molar-refractivity contribution in [2.45, 2.75) is 31.8 Å². The number of phenols is 1. The summed E-state index contributed by atoms with van der Waals surface area (Å²) in [5.41, 5.74) is 7.19. The molecule has 1 aromatic carbocycles. The standard InChI is InChI=1S/C15H22N2O2/c1-10(16)11-4-6-17(7-5-11)14-9-19-15-8-12(18)2-3-13(14)15/h2-3,8,10-11,14,18H,4-7,9,16H2,1H3. The summed E-state index contributed by atoms with van der Waals surface area (Å²) in [5, 5.41) is 9.48. The molecule has 0 radical (unpaired) electrons. The van der Waals surface area contributed by atoms with Gasteiger partial charge in [0.1, 0.15) is 18.1 Å². The van der Waals surface area contributed by atoms with Crippen LogP contribution in [0.25, 0.3) is 0 Å². The van der Waals surface area contributed by atoms with Gasteiger partial charge >= 0.3 is 0 Å². The average Bonchev–Trinajstić information content (AvgIpc) is 2.81. The summed E-state index contributed by atoms with van der Waals surface area (Å²) in [7, 11) is 0. The number of ether oxygens (including phenoxy) is 1. The van der Waals surface area contributed by atoms with Gasteiger partial charge in [0.25, 0.3) is 0 Å². The Balaban J connectivity index is 1.70. The van der Waals surface area contributed by atoms with Gasteiger partial charge in [-0.05, 0) is 50.9 Å². The van der Waals surface area contributed by atoms with Crippen molar-refractivity contribution in [3.8, 4) is 11.5 Å². The van der Waals surface area contributed by atoms with E-state index < -0.39 is 0 Å². The fourth-order valence-corrected chi connectivity index (χ4v) is 3.24. The Kier molecular flexibility index (Phi) is 3.37. The Hall–Kier alpha value is -1.26. The summed E-state index contributed by atoms with van der Waals surface area (Å²) in [6.45, 7) is 4.97. The Labute approximate surface area is 114 Å². The summed E-state index contributed by atoms with van der Waals surface area (Å²) in [6.07, 6.45) is 2.34. The molecule has 104 valence electrons. The van der Waals surface area contributed by atoms with E-state index in [1.165, 1.54) is 18.4 Å². The van der Waals surface area contributed by atoms with Crippen LogP contribution in [0.3, 0.4) is 0 Å². The molecule has 3 N–H and O–H groups in total. The van der Waals surface area contributed by atoms with Crippen molar-refractivity contribution in [1.29, 1.82) is 0 Å². The molecule has 4 nitrogen and oxygen atoms in total. The number of piperidine rings is 1. The normalized spacial score (nSPS) is 25.9. The molecule has 3 rings (SSSR count). The Bertz CT molecular complexity index is 453. The number of benzene rings is 1. The van der Waals surface area contributed by atoms with Crippen molar-refractivity contribution in [2.75, 3.05) is 19.7 Å². The van der Waals surface area contributed by atoms with Crippen LogP contribution in [0, 0.1) is 5.92 Å². The third kappa shape index (κ3) is 2.42. The van der Waals surface area contributed by atoms with E-state index in [-0.39, 0.29) is 5.75 Å². The highest BCUT2D eigenvalue weighted by atomic mass is 16.5. The largest absolute Gasteiger partial charge is 0.508 e. The molecule has 0 amide bonds. The first kappa shape index (κ1) is 12.8. The smallest absolute Gasteiger partial charge is 0.127 e. The van der Waals surface area contributed by atoms with Crippen molar-refractivity contribution < 1.29 is 9.84 Å². The second-order valence-electron chi connectivity index (χ2n) is 5.78. The van der Waals surface area contributed by atoms with Gasteiger partial charge in [0.15, 0.2) is 0 Å². The number of likely N-dealkylation sites (tertiary alicyclic amines) is 1. The highest BCUT2D eigenvalue weighted by Crippen LogP contribution is 2.39. The van der Waals surface area contributed by atoms with Gasteiger partial charge in [0.2, 0.25) is 0 Å². The summed E-state index contributed by atoms with van der Waals surface area (Å²) in [5.74, 6) is 1.76. The van der Waals surface area contributed by atoms with E-state index in [4.69, 9.17) is 10.5 Å². The van der Waals surface area contributed by atoms with E-state index in [2.05, 4.69) is 11.8 Å². The molecule has 0 saturated carbocycles. The molecule has 19 heavy (non-hydrogen) atoms. The van der Waals surface area contributed by atoms with Crippen molar-refractivity contribution in [3.05, 3.63) is 23.8 Å². The maximum absolute atomic E-state index is 9.48. The molecular formula is C15H22N2O2. The topological polar surface area (TPSA) is 58.7 Å². The second-order valence-corrected chi connectivity index (χ2v) is 5.78. The maximum Gasteiger partial charge on any atom is 0.127 e. The minimum atomic E-state index is 0.273. The highest BCUT2D eigenvalue weighted by molar-refractivity contribution is 5.44. The number of rotatable bonds is 2. The Morgan fingerprint density at radius 2 is 2.11 bits per heavy atom. The maximum atomic E-state index is 9.48. The molecule has 0 aliphatic carbocycles. The van der Waals surface area contributed by atoms with E-state index in [9.17, 15) is 5.11 Å². The molecule has 2 heterocycles. The van der Waals surface area contributed by atoms with Crippen molar-refractivity contribution in [2.24, 2.45) is 11.7 Å². The lowest BCUT2D eigenvalue weighted by Crippen LogP contribution is -2.41. The molecular weight excluding hydrogens is 240 g/mol. The average molecular weight is 262 g/mol. The zero-order valence-electron chi connectivity index (χ0n) is 11.4. The summed E-state index contributed by atoms with van der Waals surface area (Å²) >= 11 is 0. The highest BCUT2D eigenvalue weighted by Gasteiger charge is 2.32. The van der Waals surface area contributed by atoms with E-state index in [1.807, 2.05) is 6.07 Å². The number of hydrogen-bond donors (Lipinski definition) is 2. The number of fused-ring (bicyclic) bond motifs is 1. The van der Waals surface area contributed by atoms with Crippen LogP contribution in [0.15, 0.2) is 18.2 Å². The van der Waals surface area contributed by atoms with Crippen molar-refractivity contribution in [3.63, 3.8) is 0 Å². The predicted octanol–water partition coefficient (Wildman–Crippen LogP) is 1.88. The van der Waals surface area contributed by atoms with Gasteiger partial charge in [0, 0.05) is 17.7 Å². The number of hydrogen-bond acceptors (Lipinski definition) is 4. The van der Waals surface area contributed by atoms with Crippen LogP contribution < -0.4 is 10.5 Å². The van der Waals surface area contributed by atoms with Gasteiger partial charge in [0.05, 0.1) is 6.04 Å². The van der Waals surface area contributed by atoms with E-state index in [0.717, 1.165) is 18.8 Å². The molecule has 1 aromatic rings. The molecule has 1 fully saturated rings. The van der Waals surface area contributed by atoms with E-state index >= 15 is 0 Å². The lowest BCUT2D eigenvalue weighted by molar-refractivity contribution is 0.108. The Morgan fingerprint density at radius 3 is 2.79 bits per heavy atom. The van der Waals surface area contributed by atoms with E-state index in [0.29, 0.717) is 24.6 Å². The minimum Gasteiger partial charge on any atom is -0.508 e. The number of phenolic OH excluding ortho intramolecular Hbond substituents is 1. The van der Waals surface area contributed by atoms with Crippen LogP contribution in [0.1, 0.15) is 31.4 Å². The van der Waals surface area contributed by atoms with Crippen LogP contribution >= 0.6 is 0 Å².